The minimum Gasteiger partial charge on any atom is -0.390 e. The summed E-state index contributed by atoms with van der Waals surface area (Å²) in [5.74, 6) is -0.253. The number of carbonyl (C=O) groups is 1. The van der Waals surface area contributed by atoms with Gasteiger partial charge in [-0.05, 0) is 18.9 Å². The van der Waals surface area contributed by atoms with Crippen LogP contribution in [0.2, 0.25) is 0 Å². The lowest BCUT2D eigenvalue weighted by atomic mass is 10.1. The van der Waals surface area contributed by atoms with Gasteiger partial charge in [-0.1, -0.05) is 0 Å². The van der Waals surface area contributed by atoms with Crippen LogP contribution in [-0.4, -0.2) is 52.3 Å². The van der Waals surface area contributed by atoms with E-state index in [-0.39, 0.29) is 18.5 Å². The van der Waals surface area contributed by atoms with Crippen LogP contribution < -0.4 is 15.8 Å². The third-order valence-electron chi connectivity index (χ3n) is 3.34. The van der Waals surface area contributed by atoms with Gasteiger partial charge in [0.15, 0.2) is 0 Å². The zero-order valence-electron chi connectivity index (χ0n) is 11.7. The molecule has 0 aliphatic carbocycles. The highest BCUT2D eigenvalue weighted by molar-refractivity contribution is 7.96. The van der Waals surface area contributed by atoms with Gasteiger partial charge in [0.1, 0.15) is 0 Å². The Kier molecular flexibility index (Phi) is 5.80. The molecule has 1 aromatic heterocycles. The SMILES string of the molecule is NCC(=O)NC1CCCN(Sc2cccc[n+]2O)CC1O. The van der Waals surface area contributed by atoms with Crippen LogP contribution >= 0.6 is 11.9 Å². The molecule has 2 heterocycles. The molecule has 2 atom stereocenters. The maximum absolute atomic E-state index is 11.4. The summed E-state index contributed by atoms with van der Waals surface area (Å²) in [4.78, 5) is 11.4. The summed E-state index contributed by atoms with van der Waals surface area (Å²) in [5.41, 5.74) is 5.28. The molecule has 1 amide bonds. The lowest BCUT2D eigenvalue weighted by molar-refractivity contribution is -0.932. The van der Waals surface area contributed by atoms with Crippen LogP contribution in [0.3, 0.4) is 0 Å². The van der Waals surface area contributed by atoms with Crippen molar-refractivity contribution in [3.8, 4) is 0 Å². The molecular weight excluding hydrogens is 292 g/mol. The Labute approximate surface area is 127 Å². The summed E-state index contributed by atoms with van der Waals surface area (Å²) in [6.45, 7) is 1.11. The summed E-state index contributed by atoms with van der Waals surface area (Å²) in [6, 6.07) is 5.10. The zero-order valence-corrected chi connectivity index (χ0v) is 12.5. The number of hydrogen-bond donors (Lipinski definition) is 4. The van der Waals surface area contributed by atoms with Crippen molar-refractivity contribution < 1.29 is 19.8 Å². The molecule has 0 bridgehead atoms. The predicted molar refractivity (Wildman–Crippen MR) is 77.5 cm³/mol. The molecule has 0 radical (unpaired) electrons. The van der Waals surface area contributed by atoms with Crippen LogP contribution in [0.4, 0.5) is 0 Å². The quantitative estimate of drug-likeness (QED) is 0.327. The molecule has 1 saturated heterocycles. The first-order chi connectivity index (χ1) is 10.1. The molecule has 2 rings (SSSR count). The molecule has 8 heteroatoms. The average molecular weight is 313 g/mol. The van der Waals surface area contributed by atoms with Crippen molar-refractivity contribution in [1.82, 2.24) is 9.62 Å². The van der Waals surface area contributed by atoms with Crippen LogP contribution in [0, 0.1) is 0 Å². The summed E-state index contributed by atoms with van der Waals surface area (Å²) >= 11 is 1.38. The summed E-state index contributed by atoms with van der Waals surface area (Å²) in [7, 11) is 0. The summed E-state index contributed by atoms with van der Waals surface area (Å²) in [5, 5.41) is 23.4. The van der Waals surface area contributed by atoms with E-state index in [0.717, 1.165) is 17.7 Å². The number of nitrogens with one attached hydrogen (secondary N) is 1. The van der Waals surface area contributed by atoms with Crippen molar-refractivity contribution >= 4 is 17.9 Å². The third kappa shape index (κ3) is 4.57. The van der Waals surface area contributed by atoms with Crippen LogP contribution in [0.1, 0.15) is 12.8 Å². The number of hydrogen-bond acceptors (Lipinski definition) is 6. The highest BCUT2D eigenvalue weighted by atomic mass is 32.2. The van der Waals surface area contributed by atoms with E-state index < -0.39 is 6.10 Å². The molecule has 1 aliphatic rings. The van der Waals surface area contributed by atoms with Crippen molar-refractivity contribution in [3.05, 3.63) is 24.4 Å². The Hall–Kier alpha value is -1.35. The van der Waals surface area contributed by atoms with Crippen LogP contribution in [-0.2, 0) is 4.79 Å². The van der Waals surface area contributed by atoms with E-state index in [4.69, 9.17) is 5.73 Å². The minimum absolute atomic E-state index is 0.0732. The Morgan fingerprint density at radius 1 is 1.57 bits per heavy atom. The van der Waals surface area contributed by atoms with Crippen molar-refractivity contribution in [1.29, 1.82) is 0 Å². The van der Waals surface area contributed by atoms with Crippen LogP contribution in [0.15, 0.2) is 29.4 Å². The van der Waals surface area contributed by atoms with Gasteiger partial charge in [0.25, 0.3) is 0 Å². The number of amides is 1. The van der Waals surface area contributed by atoms with E-state index in [0.29, 0.717) is 18.0 Å². The summed E-state index contributed by atoms with van der Waals surface area (Å²) < 4.78 is 3.04. The van der Waals surface area contributed by atoms with Gasteiger partial charge in [-0.3, -0.25) is 10.0 Å². The Balaban J connectivity index is 1.95. The van der Waals surface area contributed by atoms with Gasteiger partial charge < -0.3 is 16.2 Å². The Bertz CT molecular complexity index is 488. The second-order valence-corrected chi connectivity index (χ2v) is 6.07. The predicted octanol–water partition coefficient (Wildman–Crippen LogP) is -0.881. The molecule has 1 fully saturated rings. The number of pyridine rings is 1. The first-order valence-corrected chi connectivity index (χ1v) is 7.68. The molecular formula is C13H21N4O3S+. The molecule has 1 aromatic rings. The van der Waals surface area contributed by atoms with E-state index in [1.807, 2.05) is 10.4 Å². The first kappa shape index (κ1) is 16.0. The molecule has 5 N–H and O–H groups in total. The van der Waals surface area contributed by atoms with Crippen molar-refractivity contribution in [2.75, 3.05) is 19.6 Å². The van der Waals surface area contributed by atoms with Gasteiger partial charge in [0, 0.05) is 41.9 Å². The Morgan fingerprint density at radius 2 is 2.38 bits per heavy atom. The number of rotatable bonds is 4. The molecule has 0 aromatic carbocycles. The number of β-amino-alcohol motifs (C(OH)–C–C–N with tert-alkyl or cyclic N) is 1. The van der Waals surface area contributed by atoms with Crippen molar-refractivity contribution in [2.24, 2.45) is 5.73 Å². The van der Waals surface area contributed by atoms with Crippen molar-refractivity contribution in [3.63, 3.8) is 0 Å². The molecule has 21 heavy (non-hydrogen) atoms. The normalized spacial score (nSPS) is 23.5. The third-order valence-corrected chi connectivity index (χ3v) is 4.44. The number of nitrogens with two attached hydrogens (primary N) is 1. The fourth-order valence-electron chi connectivity index (χ4n) is 2.25. The van der Waals surface area contributed by atoms with Gasteiger partial charge in [0.2, 0.25) is 12.1 Å². The largest absolute Gasteiger partial charge is 0.390 e. The fourth-order valence-corrected chi connectivity index (χ4v) is 3.24. The average Bonchev–Trinajstić information content (AvgIpc) is 2.63. The van der Waals surface area contributed by atoms with Gasteiger partial charge in [-0.2, -0.15) is 0 Å². The lowest BCUT2D eigenvalue weighted by Crippen LogP contribution is -2.47. The molecule has 0 saturated carbocycles. The minimum atomic E-state index is -0.661. The zero-order chi connectivity index (χ0) is 15.2. The van der Waals surface area contributed by atoms with Gasteiger partial charge in [-0.25, -0.2) is 4.31 Å². The molecule has 1 aliphatic heterocycles. The van der Waals surface area contributed by atoms with E-state index in [1.54, 1.807) is 18.3 Å². The molecule has 7 nitrogen and oxygen atoms in total. The van der Waals surface area contributed by atoms with Gasteiger partial charge in [0.05, 0.1) is 18.7 Å². The maximum Gasteiger partial charge on any atom is 0.305 e. The summed E-state index contributed by atoms with van der Waals surface area (Å²) in [6.07, 6.45) is 2.45. The number of nitrogens with zero attached hydrogens (tertiary/aromatic N) is 2. The maximum atomic E-state index is 11.4. The second-order valence-electron chi connectivity index (χ2n) is 4.95. The fraction of sp³-hybridized carbons (Fsp3) is 0.538. The van der Waals surface area contributed by atoms with Crippen LogP contribution in [0.25, 0.3) is 0 Å². The number of aromatic nitrogens is 1. The van der Waals surface area contributed by atoms with Crippen LogP contribution in [0.5, 0.6) is 0 Å². The van der Waals surface area contributed by atoms with Crippen molar-refractivity contribution in [2.45, 2.75) is 30.0 Å². The van der Waals surface area contributed by atoms with Gasteiger partial charge in [-0.15, -0.1) is 0 Å². The standard InChI is InChI=1S/C13H20N4O3S/c14-8-12(19)15-10-4-3-6-16(9-11(10)18)21-13-5-1-2-7-17(13)20/h1-2,5,7,10-11,18H,3-4,6,8-9,14H2,(H-,15,19,20)/p+1. The van der Waals surface area contributed by atoms with E-state index in [2.05, 4.69) is 5.32 Å². The topological polar surface area (TPSA) is 103 Å². The first-order valence-electron chi connectivity index (χ1n) is 6.90. The van der Waals surface area contributed by atoms with E-state index in [1.165, 1.54) is 11.9 Å². The van der Waals surface area contributed by atoms with Gasteiger partial charge >= 0.3 is 5.03 Å². The Morgan fingerprint density at radius 3 is 3.10 bits per heavy atom. The highest BCUT2D eigenvalue weighted by Crippen LogP contribution is 2.23. The monoisotopic (exact) mass is 313 g/mol. The number of aliphatic hydroxyl groups is 1. The van der Waals surface area contributed by atoms with E-state index >= 15 is 0 Å². The highest BCUT2D eigenvalue weighted by Gasteiger charge is 2.28. The molecule has 2 unspecified atom stereocenters. The molecule has 116 valence electrons. The smallest absolute Gasteiger partial charge is 0.305 e. The number of carbonyl (C=O) groups excluding carboxylic acids is 1. The molecule has 0 spiro atoms. The number of aliphatic hydroxyl groups excluding tert-OH is 1. The van der Waals surface area contributed by atoms with E-state index in [9.17, 15) is 15.1 Å². The lowest BCUT2D eigenvalue weighted by Gasteiger charge is -2.23. The second kappa shape index (κ2) is 7.60.